The summed E-state index contributed by atoms with van der Waals surface area (Å²) >= 11 is 12.5. The zero-order valence-electron chi connectivity index (χ0n) is 8.32. The van der Waals surface area contributed by atoms with E-state index in [1.54, 1.807) is 29.0 Å². The first-order chi connectivity index (χ1) is 7.99. The molecule has 3 nitrogen and oxygen atoms in total. The number of benzene rings is 1. The number of hydrogen-bond acceptors (Lipinski definition) is 1. The third kappa shape index (κ3) is 2.56. The van der Waals surface area contributed by atoms with E-state index >= 15 is 0 Å². The molecule has 0 aliphatic carbocycles. The van der Waals surface area contributed by atoms with Crippen molar-refractivity contribution in [2.75, 3.05) is 0 Å². The lowest BCUT2D eigenvalue weighted by atomic mass is 10.3. The van der Waals surface area contributed by atoms with Crippen molar-refractivity contribution in [3.8, 4) is 5.69 Å². The third-order valence-electron chi connectivity index (χ3n) is 2.19. The Kier molecular flexibility index (Phi) is 3.61. The van der Waals surface area contributed by atoms with E-state index in [0.717, 1.165) is 4.47 Å². The van der Waals surface area contributed by atoms with Crippen molar-refractivity contribution in [3.05, 3.63) is 50.1 Å². The molecule has 17 heavy (non-hydrogen) atoms. The molecule has 1 heterocycles. The molecule has 2 rings (SSSR count). The van der Waals surface area contributed by atoms with Crippen LogP contribution in [-0.4, -0.2) is 15.6 Å². The Morgan fingerprint density at radius 2 is 2.00 bits per heavy atom. The summed E-state index contributed by atoms with van der Waals surface area (Å²) in [4.78, 5) is 11.1. The topological polar surface area (TPSA) is 42.2 Å². The summed E-state index contributed by atoms with van der Waals surface area (Å²) in [6.45, 7) is 0. The molecule has 1 aromatic heterocycles. The van der Waals surface area contributed by atoms with Gasteiger partial charge in [0.15, 0.2) is 0 Å². The monoisotopic (exact) mass is 377 g/mol. The quantitative estimate of drug-likeness (QED) is 0.843. The van der Waals surface area contributed by atoms with Gasteiger partial charge in [-0.15, -0.1) is 0 Å². The van der Waals surface area contributed by atoms with Crippen LogP contribution in [0.1, 0.15) is 10.5 Å². The number of rotatable bonds is 2. The van der Waals surface area contributed by atoms with Crippen LogP contribution in [-0.2, 0) is 0 Å². The van der Waals surface area contributed by atoms with Gasteiger partial charge in [0.2, 0.25) is 0 Å². The number of aromatic carboxylic acids is 1. The molecular weight excluding hydrogens is 373 g/mol. The van der Waals surface area contributed by atoms with E-state index < -0.39 is 5.97 Å². The maximum absolute atomic E-state index is 11.1. The Labute approximate surface area is 119 Å². The maximum atomic E-state index is 11.1. The van der Waals surface area contributed by atoms with Crippen LogP contribution in [0.15, 0.2) is 39.4 Å². The molecule has 0 saturated heterocycles. The highest BCUT2D eigenvalue weighted by atomic mass is 79.9. The Hall–Kier alpha value is -0.780. The molecule has 0 aliphatic heterocycles. The van der Waals surface area contributed by atoms with E-state index in [1.165, 1.54) is 6.07 Å². The van der Waals surface area contributed by atoms with Crippen molar-refractivity contribution in [2.45, 2.75) is 0 Å². The van der Waals surface area contributed by atoms with Gasteiger partial charge in [-0.1, -0.05) is 11.6 Å². The molecule has 88 valence electrons. The minimum Gasteiger partial charge on any atom is -0.477 e. The van der Waals surface area contributed by atoms with E-state index in [9.17, 15) is 4.79 Å². The lowest BCUT2D eigenvalue weighted by Gasteiger charge is -2.07. The summed E-state index contributed by atoms with van der Waals surface area (Å²) in [5.74, 6) is -0.991. The first kappa shape index (κ1) is 12.7. The van der Waals surface area contributed by atoms with E-state index in [0.29, 0.717) is 15.2 Å². The molecular formula is C11H6Br2ClNO2. The number of nitrogens with zero attached hydrogens (tertiary/aromatic N) is 1. The van der Waals surface area contributed by atoms with Crippen LogP contribution in [0.3, 0.4) is 0 Å². The van der Waals surface area contributed by atoms with Crippen molar-refractivity contribution in [2.24, 2.45) is 0 Å². The number of hydrogen-bond donors (Lipinski definition) is 1. The summed E-state index contributed by atoms with van der Waals surface area (Å²) in [7, 11) is 0. The van der Waals surface area contributed by atoms with Gasteiger partial charge in [-0.05, 0) is 56.1 Å². The molecule has 0 fully saturated rings. The van der Waals surface area contributed by atoms with Crippen LogP contribution >= 0.6 is 43.5 Å². The van der Waals surface area contributed by atoms with E-state index in [1.807, 2.05) is 0 Å². The largest absolute Gasteiger partial charge is 0.477 e. The molecule has 1 aromatic carbocycles. The van der Waals surface area contributed by atoms with Gasteiger partial charge in [0.1, 0.15) is 5.69 Å². The molecule has 2 aromatic rings. The highest BCUT2D eigenvalue weighted by Gasteiger charge is 2.13. The van der Waals surface area contributed by atoms with Gasteiger partial charge in [0, 0.05) is 20.8 Å². The summed E-state index contributed by atoms with van der Waals surface area (Å²) < 4.78 is 3.03. The van der Waals surface area contributed by atoms with Crippen molar-refractivity contribution >= 4 is 49.4 Å². The fourth-order valence-corrected chi connectivity index (χ4v) is 2.29. The van der Waals surface area contributed by atoms with E-state index in [-0.39, 0.29) is 5.69 Å². The van der Waals surface area contributed by atoms with Gasteiger partial charge in [0.05, 0.1) is 5.02 Å². The maximum Gasteiger partial charge on any atom is 0.352 e. The Morgan fingerprint density at radius 3 is 2.59 bits per heavy atom. The van der Waals surface area contributed by atoms with Gasteiger partial charge in [-0.25, -0.2) is 4.79 Å². The summed E-state index contributed by atoms with van der Waals surface area (Å²) in [6, 6.07) is 6.80. The SMILES string of the molecule is O=C(O)c1cc(Br)cn1-c1ccc(Br)c(Cl)c1. The molecule has 0 bridgehead atoms. The first-order valence-electron chi connectivity index (χ1n) is 4.55. The normalized spacial score (nSPS) is 10.5. The van der Waals surface area contributed by atoms with Crippen LogP contribution in [0.5, 0.6) is 0 Å². The second-order valence-electron chi connectivity index (χ2n) is 3.32. The molecule has 0 saturated carbocycles. The Morgan fingerprint density at radius 1 is 1.29 bits per heavy atom. The molecule has 0 unspecified atom stereocenters. The molecule has 0 atom stereocenters. The van der Waals surface area contributed by atoms with Gasteiger partial charge in [-0.2, -0.15) is 0 Å². The van der Waals surface area contributed by atoms with Crippen LogP contribution in [0.4, 0.5) is 0 Å². The molecule has 0 spiro atoms. The van der Waals surface area contributed by atoms with Crippen LogP contribution in [0, 0.1) is 0 Å². The van der Waals surface area contributed by atoms with Crippen molar-refractivity contribution < 1.29 is 9.90 Å². The van der Waals surface area contributed by atoms with Crippen molar-refractivity contribution in [1.29, 1.82) is 0 Å². The third-order valence-corrected chi connectivity index (χ3v) is 3.85. The summed E-state index contributed by atoms with van der Waals surface area (Å²) in [5.41, 5.74) is 0.872. The zero-order valence-corrected chi connectivity index (χ0v) is 12.3. The second kappa shape index (κ2) is 4.84. The molecule has 0 radical (unpaired) electrons. The fourth-order valence-electron chi connectivity index (χ4n) is 1.44. The first-order valence-corrected chi connectivity index (χ1v) is 6.52. The van der Waals surface area contributed by atoms with Crippen LogP contribution in [0.25, 0.3) is 5.69 Å². The Balaban J connectivity index is 2.59. The van der Waals surface area contributed by atoms with Gasteiger partial charge in [-0.3, -0.25) is 0 Å². The van der Waals surface area contributed by atoms with Crippen LogP contribution < -0.4 is 0 Å². The van der Waals surface area contributed by atoms with Crippen LogP contribution in [0.2, 0.25) is 5.02 Å². The van der Waals surface area contributed by atoms with Gasteiger partial charge >= 0.3 is 5.97 Å². The van der Waals surface area contributed by atoms with Crippen molar-refractivity contribution in [3.63, 3.8) is 0 Å². The second-order valence-corrected chi connectivity index (χ2v) is 5.49. The minimum atomic E-state index is -0.991. The average Bonchev–Trinajstić information content (AvgIpc) is 2.64. The predicted octanol–water partition coefficient (Wildman–Crippen LogP) is 4.35. The minimum absolute atomic E-state index is 0.176. The highest BCUT2D eigenvalue weighted by molar-refractivity contribution is 9.10. The molecule has 0 aliphatic rings. The van der Waals surface area contributed by atoms with Gasteiger partial charge < -0.3 is 9.67 Å². The smallest absolute Gasteiger partial charge is 0.352 e. The lowest BCUT2D eigenvalue weighted by molar-refractivity contribution is 0.0688. The van der Waals surface area contributed by atoms with E-state index in [4.69, 9.17) is 16.7 Å². The average molecular weight is 379 g/mol. The summed E-state index contributed by atoms with van der Waals surface area (Å²) in [5, 5.41) is 9.61. The highest BCUT2D eigenvalue weighted by Crippen LogP contribution is 2.27. The number of carboxylic acids is 1. The van der Waals surface area contributed by atoms with E-state index in [2.05, 4.69) is 31.9 Å². The predicted molar refractivity (Wildman–Crippen MR) is 73.1 cm³/mol. The number of aromatic nitrogens is 1. The molecule has 1 N–H and O–H groups in total. The number of halogens is 3. The summed E-state index contributed by atoms with van der Waals surface area (Å²) in [6.07, 6.45) is 1.68. The lowest BCUT2D eigenvalue weighted by Crippen LogP contribution is -2.05. The fraction of sp³-hybridized carbons (Fsp3) is 0. The number of carbonyl (C=O) groups is 1. The standard InChI is InChI=1S/C11H6Br2ClNO2/c12-6-3-10(11(16)17)15(5-6)7-1-2-8(13)9(14)4-7/h1-5H,(H,16,17). The zero-order chi connectivity index (χ0) is 12.6. The van der Waals surface area contributed by atoms with Crippen molar-refractivity contribution in [1.82, 2.24) is 4.57 Å². The Bertz CT molecular complexity index is 595. The molecule has 0 amide bonds. The van der Waals surface area contributed by atoms with Gasteiger partial charge in [0.25, 0.3) is 0 Å². The number of carboxylic acid groups (broad SMARTS) is 1. The molecule has 6 heteroatoms.